The standard InChI is InChI=1S/C23H36N2O6/c1-5-7-9-15(3)30-19(26)17-13-28-21(24-17)23(11-12-23)22-25-18(14-29-22)20(27)31-16(4)10-8-6-2/h15-18H,5-14H2,1-4H3/t15?,16?,17-,18-/m1/s1. The Hall–Kier alpha value is -2.12. The summed E-state index contributed by atoms with van der Waals surface area (Å²) >= 11 is 0. The maximum atomic E-state index is 12.4. The first-order valence-corrected chi connectivity index (χ1v) is 11.7. The van der Waals surface area contributed by atoms with Gasteiger partial charge in [-0.1, -0.05) is 39.5 Å². The van der Waals surface area contributed by atoms with Crippen LogP contribution in [-0.4, -0.2) is 61.2 Å². The Kier molecular flexibility index (Phi) is 7.94. The summed E-state index contributed by atoms with van der Waals surface area (Å²) < 4.78 is 22.5. The molecule has 2 heterocycles. The first-order chi connectivity index (χ1) is 14.9. The van der Waals surface area contributed by atoms with E-state index in [0.29, 0.717) is 11.8 Å². The van der Waals surface area contributed by atoms with Gasteiger partial charge in [-0.3, -0.25) is 0 Å². The fraction of sp³-hybridized carbons (Fsp3) is 0.826. The Morgan fingerprint density at radius 3 is 1.68 bits per heavy atom. The van der Waals surface area contributed by atoms with E-state index in [1.807, 2.05) is 13.8 Å². The van der Waals surface area contributed by atoms with Crippen LogP contribution in [-0.2, 0) is 28.5 Å². The molecule has 0 N–H and O–H groups in total. The van der Waals surface area contributed by atoms with Crippen LogP contribution in [0.1, 0.15) is 79.1 Å². The molecule has 0 aromatic heterocycles. The minimum atomic E-state index is -0.654. The van der Waals surface area contributed by atoms with Crippen LogP contribution in [0.2, 0.25) is 0 Å². The lowest BCUT2D eigenvalue weighted by Crippen LogP contribution is -2.26. The second-order valence-corrected chi connectivity index (χ2v) is 8.88. The number of esters is 2. The maximum Gasteiger partial charge on any atom is 0.334 e. The van der Waals surface area contributed by atoms with E-state index >= 15 is 0 Å². The van der Waals surface area contributed by atoms with Gasteiger partial charge in [-0.05, 0) is 39.5 Å². The minimum absolute atomic E-state index is 0.129. The van der Waals surface area contributed by atoms with Crippen molar-refractivity contribution in [2.24, 2.45) is 15.4 Å². The molecule has 1 saturated carbocycles. The second-order valence-electron chi connectivity index (χ2n) is 8.88. The number of ether oxygens (including phenoxy) is 4. The van der Waals surface area contributed by atoms with E-state index in [1.165, 1.54) is 0 Å². The average Bonchev–Trinajstić information content (AvgIpc) is 3.18. The predicted octanol–water partition coefficient (Wildman–Crippen LogP) is 3.61. The number of carbonyl (C=O) groups excluding carboxylic acids is 2. The summed E-state index contributed by atoms with van der Waals surface area (Å²) in [6.07, 6.45) is 7.14. The molecular weight excluding hydrogens is 400 g/mol. The van der Waals surface area contributed by atoms with Gasteiger partial charge in [0.15, 0.2) is 23.9 Å². The molecule has 0 bridgehead atoms. The Morgan fingerprint density at radius 2 is 1.32 bits per heavy atom. The number of rotatable bonds is 12. The van der Waals surface area contributed by atoms with Gasteiger partial charge in [0.2, 0.25) is 0 Å². The summed E-state index contributed by atoms with van der Waals surface area (Å²) in [6, 6.07) is -1.31. The Morgan fingerprint density at radius 1 is 0.903 bits per heavy atom. The van der Waals surface area contributed by atoms with E-state index in [9.17, 15) is 9.59 Å². The van der Waals surface area contributed by atoms with Gasteiger partial charge in [-0.25, -0.2) is 19.6 Å². The normalized spacial score (nSPS) is 25.5. The summed E-state index contributed by atoms with van der Waals surface area (Å²) in [7, 11) is 0. The van der Waals surface area contributed by atoms with E-state index in [-0.39, 0.29) is 37.4 Å². The highest BCUT2D eigenvalue weighted by atomic mass is 16.6. The number of unbranched alkanes of at least 4 members (excludes halogenated alkanes) is 2. The third kappa shape index (κ3) is 5.77. The first kappa shape index (κ1) is 23.5. The Balaban J connectivity index is 1.57. The Labute approximate surface area is 184 Å². The van der Waals surface area contributed by atoms with E-state index in [0.717, 1.165) is 51.4 Å². The third-order valence-electron chi connectivity index (χ3n) is 5.98. The second kappa shape index (κ2) is 10.5. The molecule has 0 saturated heterocycles. The molecule has 2 aliphatic heterocycles. The summed E-state index contributed by atoms with van der Waals surface area (Å²) in [5.41, 5.74) is -0.550. The summed E-state index contributed by atoms with van der Waals surface area (Å²) in [5.74, 6) is 0.233. The quantitative estimate of drug-likeness (QED) is 0.434. The van der Waals surface area contributed by atoms with Gasteiger partial charge in [-0.15, -0.1) is 0 Å². The molecule has 0 aromatic rings. The van der Waals surface area contributed by atoms with Crippen molar-refractivity contribution in [3.63, 3.8) is 0 Å². The van der Waals surface area contributed by atoms with Crippen molar-refractivity contribution in [2.75, 3.05) is 13.2 Å². The zero-order valence-electron chi connectivity index (χ0n) is 19.2. The van der Waals surface area contributed by atoms with Crippen molar-refractivity contribution in [3.8, 4) is 0 Å². The molecule has 0 radical (unpaired) electrons. The summed E-state index contributed by atoms with van der Waals surface area (Å²) in [4.78, 5) is 33.8. The van der Waals surface area contributed by atoms with Crippen LogP contribution in [0.5, 0.6) is 0 Å². The lowest BCUT2D eigenvalue weighted by molar-refractivity contribution is -0.151. The van der Waals surface area contributed by atoms with Gasteiger partial charge >= 0.3 is 11.9 Å². The van der Waals surface area contributed by atoms with E-state index in [4.69, 9.17) is 18.9 Å². The summed E-state index contributed by atoms with van der Waals surface area (Å²) in [6.45, 7) is 8.36. The molecule has 0 amide bonds. The van der Waals surface area contributed by atoms with Crippen LogP contribution in [0.3, 0.4) is 0 Å². The average molecular weight is 437 g/mol. The minimum Gasteiger partial charge on any atom is -0.477 e. The fourth-order valence-electron chi connectivity index (χ4n) is 3.81. The molecule has 1 aliphatic carbocycles. The van der Waals surface area contributed by atoms with Crippen molar-refractivity contribution in [1.29, 1.82) is 0 Å². The summed E-state index contributed by atoms with van der Waals surface area (Å²) in [5, 5.41) is 0. The number of hydrogen-bond acceptors (Lipinski definition) is 8. The molecule has 3 rings (SSSR count). The van der Waals surface area contributed by atoms with Crippen molar-refractivity contribution in [2.45, 2.75) is 103 Å². The number of hydrogen-bond donors (Lipinski definition) is 0. The monoisotopic (exact) mass is 436 g/mol. The van der Waals surface area contributed by atoms with Crippen molar-refractivity contribution in [1.82, 2.24) is 0 Å². The van der Waals surface area contributed by atoms with E-state index in [1.54, 1.807) is 0 Å². The molecule has 3 aliphatic rings. The number of nitrogens with zero attached hydrogens (tertiary/aromatic N) is 2. The molecule has 31 heavy (non-hydrogen) atoms. The first-order valence-electron chi connectivity index (χ1n) is 11.7. The molecule has 8 nitrogen and oxygen atoms in total. The fourth-order valence-corrected chi connectivity index (χ4v) is 3.81. The van der Waals surface area contributed by atoms with Crippen molar-refractivity contribution < 1.29 is 28.5 Å². The van der Waals surface area contributed by atoms with Crippen molar-refractivity contribution >= 4 is 23.7 Å². The highest BCUT2D eigenvalue weighted by Gasteiger charge is 2.59. The molecule has 2 unspecified atom stereocenters. The maximum absolute atomic E-state index is 12.4. The van der Waals surface area contributed by atoms with Crippen LogP contribution >= 0.6 is 0 Å². The lowest BCUT2D eigenvalue weighted by atomic mass is 10.1. The number of carbonyl (C=O) groups is 2. The van der Waals surface area contributed by atoms with Gasteiger partial charge in [0, 0.05) is 0 Å². The van der Waals surface area contributed by atoms with Gasteiger partial charge in [-0.2, -0.15) is 0 Å². The van der Waals surface area contributed by atoms with Gasteiger partial charge in [0.05, 0.1) is 12.2 Å². The van der Waals surface area contributed by atoms with Gasteiger partial charge in [0.1, 0.15) is 18.6 Å². The van der Waals surface area contributed by atoms with Crippen LogP contribution in [0.4, 0.5) is 0 Å². The molecular formula is C23H36N2O6. The van der Waals surface area contributed by atoms with Crippen LogP contribution in [0.25, 0.3) is 0 Å². The highest BCUT2D eigenvalue weighted by Crippen LogP contribution is 2.51. The van der Waals surface area contributed by atoms with Crippen LogP contribution < -0.4 is 0 Å². The van der Waals surface area contributed by atoms with Crippen molar-refractivity contribution in [3.05, 3.63) is 0 Å². The van der Waals surface area contributed by atoms with Gasteiger partial charge in [0.25, 0.3) is 0 Å². The zero-order valence-corrected chi connectivity index (χ0v) is 19.2. The highest BCUT2D eigenvalue weighted by molar-refractivity contribution is 6.10. The van der Waals surface area contributed by atoms with Crippen LogP contribution in [0, 0.1) is 5.41 Å². The molecule has 8 heteroatoms. The predicted molar refractivity (Wildman–Crippen MR) is 116 cm³/mol. The third-order valence-corrected chi connectivity index (χ3v) is 5.98. The van der Waals surface area contributed by atoms with E-state index in [2.05, 4.69) is 23.8 Å². The molecule has 0 spiro atoms. The lowest BCUT2D eigenvalue weighted by Gasteiger charge is -2.13. The molecule has 174 valence electrons. The smallest absolute Gasteiger partial charge is 0.334 e. The molecule has 4 atom stereocenters. The van der Waals surface area contributed by atoms with Gasteiger partial charge < -0.3 is 18.9 Å². The van der Waals surface area contributed by atoms with E-state index < -0.39 is 17.5 Å². The molecule has 1 fully saturated rings. The SMILES string of the molecule is CCCCC(C)OC(=O)[C@H]1COC(C2(C3=N[C@@H](C(=O)OC(C)CCCC)CO3)CC2)=N1. The molecule has 0 aromatic carbocycles. The zero-order chi connectivity index (χ0) is 22.4. The largest absolute Gasteiger partial charge is 0.477 e. The Bertz CT molecular complexity index is 659. The van der Waals surface area contributed by atoms with Crippen LogP contribution in [0.15, 0.2) is 9.98 Å². The number of aliphatic imine (C=N–C) groups is 2. The topological polar surface area (TPSA) is 95.8 Å².